The van der Waals surface area contributed by atoms with Crippen molar-refractivity contribution in [1.29, 1.82) is 0 Å². The van der Waals surface area contributed by atoms with Gasteiger partial charge < -0.3 is 24.4 Å². The first-order valence-corrected chi connectivity index (χ1v) is 6.80. The van der Waals surface area contributed by atoms with Gasteiger partial charge >= 0.3 is 17.3 Å². The maximum atomic E-state index is 13.9. The van der Waals surface area contributed by atoms with Crippen LogP contribution < -0.4 is 11.2 Å². The van der Waals surface area contributed by atoms with Crippen LogP contribution in [0.2, 0.25) is 0 Å². The van der Waals surface area contributed by atoms with E-state index in [9.17, 15) is 28.3 Å². The normalized spacial score (nSPS) is 27.1. The molecule has 1 aliphatic heterocycles. The van der Waals surface area contributed by atoms with Gasteiger partial charge in [-0.25, -0.2) is 9.59 Å². The summed E-state index contributed by atoms with van der Waals surface area (Å²) in [6.45, 7) is 0. The summed E-state index contributed by atoms with van der Waals surface area (Å²) >= 11 is 0. The molecule has 1 fully saturated rings. The Hall–Kier alpha value is -1.72. The first-order chi connectivity index (χ1) is 10.1. The van der Waals surface area contributed by atoms with Gasteiger partial charge in [0.25, 0.3) is 13.9 Å². The molecule has 22 heavy (non-hydrogen) atoms. The van der Waals surface area contributed by atoms with Gasteiger partial charge in [0.1, 0.15) is 0 Å². The molecule has 4 N–H and O–H groups in total. The van der Waals surface area contributed by atoms with E-state index in [4.69, 9.17) is 9.79 Å². The van der Waals surface area contributed by atoms with Crippen LogP contribution in [-0.4, -0.2) is 48.5 Å². The Morgan fingerprint density at radius 1 is 1.45 bits per heavy atom. The van der Waals surface area contributed by atoms with E-state index in [0.717, 1.165) is 6.07 Å². The van der Waals surface area contributed by atoms with Gasteiger partial charge in [0.05, 0.1) is 0 Å². The molecule has 0 aromatic carbocycles. The number of nitrogens with one attached hydrogen (secondary N) is 1. The molecule has 1 aliphatic rings. The molecule has 0 radical (unpaired) electrons. The summed E-state index contributed by atoms with van der Waals surface area (Å²) in [6.07, 6.45) is -6.54. The number of hydrogen-bond acceptors (Lipinski definition) is 8. The quantitative estimate of drug-likeness (QED) is 0.501. The van der Waals surface area contributed by atoms with Crippen LogP contribution in [0.25, 0.3) is 0 Å². The van der Waals surface area contributed by atoms with Gasteiger partial charge in [-0.3, -0.25) is 14.3 Å². The molecule has 0 unspecified atom stereocenters. The minimum atomic E-state index is -4.05. The summed E-state index contributed by atoms with van der Waals surface area (Å²) in [4.78, 5) is 52.2. The molecule has 1 saturated heterocycles. The number of H-pyrrole nitrogens is 1. The molecule has 0 spiro atoms. The van der Waals surface area contributed by atoms with Crippen molar-refractivity contribution in [1.82, 2.24) is 9.55 Å². The molecule has 0 aliphatic carbocycles. The van der Waals surface area contributed by atoms with Crippen LogP contribution in [0.3, 0.4) is 0 Å². The Balaban J connectivity index is 2.32. The Labute approximate surface area is 120 Å². The highest BCUT2D eigenvalue weighted by atomic mass is 31.2. The first-order valence-electron chi connectivity index (χ1n) is 5.56. The van der Waals surface area contributed by atoms with Gasteiger partial charge in [0, 0.05) is 12.3 Å². The Morgan fingerprint density at radius 3 is 2.64 bits per heavy atom. The van der Waals surface area contributed by atoms with Crippen LogP contribution in [-0.2, 0) is 9.47 Å². The van der Waals surface area contributed by atoms with Crippen molar-refractivity contribution in [2.45, 2.75) is 24.5 Å². The molecule has 2 rings (SSSR count). The fourth-order valence-corrected chi connectivity index (χ4v) is 1.92. The molecule has 122 valence electrons. The number of aliphatic hydroxyl groups excluding tert-OH is 1. The van der Waals surface area contributed by atoms with E-state index >= 15 is 0 Å². The average Bonchev–Trinajstić information content (AvgIpc) is 2.63. The van der Waals surface area contributed by atoms with Crippen LogP contribution in [0.1, 0.15) is 6.23 Å². The van der Waals surface area contributed by atoms with Gasteiger partial charge in [-0.2, -0.15) is 8.78 Å². The molecule has 10 nitrogen and oxygen atoms in total. The molecular weight excluding hydrogens is 333 g/mol. The SMILES string of the molecule is O=C(O[C@H]1O[C@@H](n2ccc(=O)[nH]c2=O)C(F)(F)[C@@H]1O)P(O)O. The first kappa shape index (κ1) is 16.6. The molecule has 13 heteroatoms. The smallest absolute Gasteiger partial charge is 0.386 e. The van der Waals surface area contributed by atoms with Crippen molar-refractivity contribution in [3.05, 3.63) is 33.1 Å². The van der Waals surface area contributed by atoms with Crippen LogP contribution in [0.4, 0.5) is 13.6 Å². The summed E-state index contributed by atoms with van der Waals surface area (Å²) in [5.74, 6) is -4.05. The van der Waals surface area contributed by atoms with Gasteiger partial charge in [-0.15, -0.1) is 0 Å². The lowest BCUT2D eigenvalue weighted by Crippen LogP contribution is -2.42. The van der Waals surface area contributed by atoms with E-state index in [0.29, 0.717) is 10.8 Å². The zero-order chi connectivity index (χ0) is 16.7. The van der Waals surface area contributed by atoms with Crippen molar-refractivity contribution in [3.8, 4) is 0 Å². The predicted molar refractivity (Wildman–Crippen MR) is 64.0 cm³/mol. The Bertz CT molecular complexity index is 689. The van der Waals surface area contributed by atoms with Gasteiger partial charge in [0.15, 0.2) is 6.10 Å². The number of alkyl halides is 2. The number of aromatic amines is 1. The lowest BCUT2D eigenvalue weighted by molar-refractivity contribution is -0.148. The van der Waals surface area contributed by atoms with E-state index in [1.165, 1.54) is 0 Å². The number of ether oxygens (including phenoxy) is 2. The summed E-state index contributed by atoms with van der Waals surface area (Å²) in [6, 6.07) is 0.771. The largest absolute Gasteiger partial charge is 0.426 e. The number of aromatic nitrogens is 2. The second kappa shape index (κ2) is 5.82. The van der Waals surface area contributed by atoms with Crippen LogP contribution in [0.15, 0.2) is 21.9 Å². The second-order valence-corrected chi connectivity index (χ2v) is 5.11. The minimum absolute atomic E-state index is 0.291. The Morgan fingerprint density at radius 2 is 2.09 bits per heavy atom. The van der Waals surface area contributed by atoms with Crippen molar-refractivity contribution in [2.75, 3.05) is 0 Å². The van der Waals surface area contributed by atoms with Gasteiger partial charge in [-0.05, 0) is 0 Å². The van der Waals surface area contributed by atoms with Gasteiger partial charge in [-0.1, -0.05) is 0 Å². The lowest BCUT2D eigenvalue weighted by atomic mass is 10.2. The summed E-state index contributed by atoms with van der Waals surface area (Å²) in [5.41, 5.74) is -3.73. The third-order valence-electron chi connectivity index (χ3n) is 2.73. The lowest BCUT2D eigenvalue weighted by Gasteiger charge is -2.20. The topological polar surface area (TPSA) is 151 Å². The predicted octanol–water partition coefficient (Wildman–Crippen LogP) is -1.18. The molecule has 2 heterocycles. The molecule has 1 aromatic heterocycles. The fourth-order valence-electron chi connectivity index (χ4n) is 1.72. The number of nitrogens with zero attached hydrogens (tertiary/aromatic N) is 1. The number of halogens is 2. The maximum absolute atomic E-state index is 13.9. The van der Waals surface area contributed by atoms with Gasteiger partial charge in [0.2, 0.25) is 12.5 Å². The molecule has 0 amide bonds. The van der Waals surface area contributed by atoms with Crippen molar-refractivity contribution >= 4 is 14.1 Å². The van der Waals surface area contributed by atoms with E-state index in [1.807, 2.05) is 0 Å². The second-order valence-electron chi connectivity index (χ2n) is 4.17. The summed E-state index contributed by atoms with van der Waals surface area (Å²) in [5, 5.41) is 9.43. The number of carbonyl (C=O) groups excluding carboxylic acids is 1. The van der Waals surface area contributed by atoms with E-state index in [2.05, 4.69) is 9.47 Å². The minimum Gasteiger partial charge on any atom is -0.426 e. The molecule has 1 aromatic rings. The number of rotatable bonds is 3. The molecule has 0 saturated carbocycles. The van der Waals surface area contributed by atoms with Crippen LogP contribution >= 0.6 is 8.38 Å². The summed E-state index contributed by atoms with van der Waals surface area (Å²) in [7, 11) is -3.22. The zero-order valence-corrected chi connectivity index (χ0v) is 11.3. The highest BCUT2D eigenvalue weighted by molar-refractivity contribution is 7.63. The highest BCUT2D eigenvalue weighted by Crippen LogP contribution is 2.43. The number of carbonyl (C=O) groups is 1. The van der Waals surface area contributed by atoms with Crippen molar-refractivity contribution in [2.24, 2.45) is 0 Å². The average molecular weight is 342 g/mol. The molecule has 0 bridgehead atoms. The number of hydrogen-bond donors (Lipinski definition) is 4. The van der Waals surface area contributed by atoms with Crippen LogP contribution in [0, 0.1) is 0 Å². The standard InChI is InChI=1S/C9H9F2N2O8P/c10-9(11)4(15)5(21-8(17)22(18)19)20-6(9)13-2-1-3(14)12-7(13)16/h1-2,4-6,15,18-19H,(H,12,14,16)/t4-,5-,6-/m1/s1. The van der Waals surface area contributed by atoms with Crippen molar-refractivity contribution in [3.63, 3.8) is 0 Å². The molecular formula is C9H9F2N2O8P. The summed E-state index contributed by atoms with van der Waals surface area (Å²) < 4.78 is 36.9. The van der Waals surface area contributed by atoms with Crippen molar-refractivity contribution < 1.29 is 37.9 Å². The van der Waals surface area contributed by atoms with E-state index in [-0.39, 0.29) is 0 Å². The highest BCUT2D eigenvalue weighted by Gasteiger charge is 2.61. The fraction of sp³-hybridized carbons (Fsp3) is 0.444. The van der Waals surface area contributed by atoms with E-state index < -0.39 is 49.9 Å². The maximum Gasteiger partial charge on any atom is 0.386 e. The number of aliphatic hydroxyl groups is 1. The zero-order valence-electron chi connectivity index (χ0n) is 10.4. The Kier molecular flexibility index (Phi) is 4.40. The van der Waals surface area contributed by atoms with E-state index in [1.54, 1.807) is 4.98 Å². The molecule has 3 atom stereocenters. The third-order valence-corrected chi connectivity index (χ3v) is 3.16. The third kappa shape index (κ3) is 2.91. The van der Waals surface area contributed by atoms with Crippen LogP contribution in [0.5, 0.6) is 0 Å². The monoisotopic (exact) mass is 342 g/mol.